The molecular weight excluding hydrogens is 517 g/mol. The molecule has 0 radical (unpaired) electrons. The van der Waals surface area contributed by atoms with Crippen LogP contribution in [0.2, 0.25) is 10.0 Å². The molecule has 0 saturated carbocycles. The third-order valence-electron chi connectivity index (χ3n) is 6.72. The molecule has 9 heteroatoms. The quantitative estimate of drug-likeness (QED) is 0.343. The molecule has 1 heterocycles. The van der Waals surface area contributed by atoms with Gasteiger partial charge in [0.15, 0.2) is 17.3 Å². The van der Waals surface area contributed by atoms with Crippen molar-refractivity contribution >= 4 is 35.0 Å². The topological polar surface area (TPSA) is 83.1 Å². The molecule has 0 aromatic heterocycles. The summed E-state index contributed by atoms with van der Waals surface area (Å²) in [7, 11) is 4.70. The van der Waals surface area contributed by atoms with Gasteiger partial charge in [-0.15, -0.1) is 0 Å². The number of rotatable bonds is 8. The zero-order valence-corrected chi connectivity index (χ0v) is 22.7. The summed E-state index contributed by atoms with van der Waals surface area (Å²) in [5, 5.41) is 4.17. The number of methoxy groups -OCH3 is 3. The van der Waals surface area contributed by atoms with E-state index in [4.69, 9.17) is 42.1 Å². The normalized spacial score (nSPS) is 19.4. The highest BCUT2D eigenvalue weighted by Crippen LogP contribution is 2.48. The van der Waals surface area contributed by atoms with Crippen LogP contribution in [0.25, 0.3) is 0 Å². The van der Waals surface area contributed by atoms with Gasteiger partial charge in [-0.1, -0.05) is 35.3 Å². The molecule has 0 bridgehead atoms. The van der Waals surface area contributed by atoms with Crippen molar-refractivity contribution in [1.29, 1.82) is 0 Å². The number of hydrogen-bond donors (Lipinski definition) is 1. The van der Waals surface area contributed by atoms with Crippen LogP contribution in [0, 0.1) is 0 Å². The molecule has 2 aromatic rings. The number of benzene rings is 2. The molecule has 4 rings (SSSR count). The van der Waals surface area contributed by atoms with Gasteiger partial charge in [0, 0.05) is 46.5 Å². The van der Waals surface area contributed by atoms with Crippen molar-refractivity contribution in [3.05, 3.63) is 80.1 Å². The highest BCUT2D eigenvalue weighted by molar-refractivity contribution is 6.35. The fourth-order valence-electron chi connectivity index (χ4n) is 4.99. The molecule has 2 atom stereocenters. The average Bonchev–Trinajstić information content (AvgIpc) is 2.87. The van der Waals surface area contributed by atoms with Crippen molar-refractivity contribution in [3.8, 4) is 11.5 Å². The van der Waals surface area contributed by atoms with Crippen molar-refractivity contribution in [2.75, 3.05) is 34.5 Å². The van der Waals surface area contributed by atoms with Gasteiger partial charge in [-0.2, -0.15) is 0 Å². The van der Waals surface area contributed by atoms with E-state index in [0.29, 0.717) is 50.4 Å². The Kier molecular flexibility index (Phi) is 8.47. The van der Waals surface area contributed by atoms with Gasteiger partial charge < -0.3 is 24.3 Å². The van der Waals surface area contributed by atoms with Crippen molar-refractivity contribution < 1.29 is 28.5 Å². The van der Waals surface area contributed by atoms with Crippen LogP contribution < -0.4 is 14.8 Å². The molecule has 0 fully saturated rings. The number of halogens is 2. The number of carbonyl (C=O) groups excluding carboxylic acids is 2. The van der Waals surface area contributed by atoms with Gasteiger partial charge in [-0.25, -0.2) is 4.79 Å². The minimum Gasteiger partial charge on any atom is -0.493 e. The number of hydrogen-bond acceptors (Lipinski definition) is 7. The van der Waals surface area contributed by atoms with Crippen molar-refractivity contribution in [2.45, 2.75) is 31.6 Å². The highest BCUT2D eigenvalue weighted by Gasteiger charge is 2.42. The molecule has 1 N–H and O–H groups in total. The van der Waals surface area contributed by atoms with E-state index in [1.54, 1.807) is 39.3 Å². The standard InChI is InChI=1S/C28H29Cl2NO6/c1-15-25(28(33)37-10-9-34-2)26(19-7-6-18(29)14-20(19)30)27-21(31-15)11-17(12-22(27)32)16-5-8-23(35-3)24(13-16)36-4/h5-8,13-14,17,26,31H,9-12H2,1-4H3/t17-,26+/m0/s1. The highest BCUT2D eigenvalue weighted by atomic mass is 35.5. The van der Waals surface area contributed by atoms with Gasteiger partial charge in [-0.3, -0.25) is 4.79 Å². The Morgan fingerprint density at radius 3 is 2.43 bits per heavy atom. The monoisotopic (exact) mass is 545 g/mol. The molecule has 196 valence electrons. The van der Waals surface area contributed by atoms with Gasteiger partial charge in [0.25, 0.3) is 0 Å². The number of ether oxygens (including phenoxy) is 4. The average molecular weight is 546 g/mol. The largest absolute Gasteiger partial charge is 0.493 e. The van der Waals surface area contributed by atoms with Crippen molar-refractivity contribution in [1.82, 2.24) is 5.32 Å². The molecule has 37 heavy (non-hydrogen) atoms. The molecule has 7 nitrogen and oxygen atoms in total. The Balaban J connectivity index is 1.76. The summed E-state index contributed by atoms with van der Waals surface area (Å²) in [5.41, 5.74) is 3.82. The first-order chi connectivity index (χ1) is 17.8. The molecule has 2 aromatic carbocycles. The van der Waals surface area contributed by atoms with E-state index < -0.39 is 11.9 Å². The van der Waals surface area contributed by atoms with Gasteiger partial charge in [0.1, 0.15) is 6.61 Å². The Bertz CT molecular complexity index is 1290. The number of carbonyl (C=O) groups is 2. The first-order valence-electron chi connectivity index (χ1n) is 11.9. The van der Waals surface area contributed by atoms with E-state index in [2.05, 4.69) is 5.32 Å². The Labute approximate surface area is 226 Å². The third kappa shape index (κ3) is 5.49. The van der Waals surface area contributed by atoms with Crippen LogP contribution in [-0.2, 0) is 19.1 Å². The second-order valence-corrected chi connectivity index (χ2v) is 9.77. The van der Waals surface area contributed by atoms with Crippen LogP contribution in [0.1, 0.15) is 42.7 Å². The second-order valence-electron chi connectivity index (χ2n) is 8.93. The Morgan fingerprint density at radius 1 is 1.00 bits per heavy atom. The van der Waals surface area contributed by atoms with Gasteiger partial charge in [-0.05, 0) is 54.7 Å². The van der Waals surface area contributed by atoms with Crippen LogP contribution in [0.4, 0.5) is 0 Å². The Morgan fingerprint density at radius 2 is 1.76 bits per heavy atom. The maximum atomic E-state index is 13.8. The second kappa shape index (κ2) is 11.6. The lowest BCUT2D eigenvalue weighted by molar-refractivity contribution is -0.140. The summed E-state index contributed by atoms with van der Waals surface area (Å²) in [6.45, 7) is 2.16. The van der Waals surface area contributed by atoms with Crippen molar-refractivity contribution in [3.63, 3.8) is 0 Å². The lowest BCUT2D eigenvalue weighted by Gasteiger charge is -2.37. The number of nitrogens with one attached hydrogen (secondary N) is 1. The smallest absolute Gasteiger partial charge is 0.336 e. The van der Waals surface area contributed by atoms with Crippen LogP contribution in [0.5, 0.6) is 11.5 Å². The molecule has 0 saturated heterocycles. The third-order valence-corrected chi connectivity index (χ3v) is 7.28. The van der Waals surface area contributed by atoms with Crippen LogP contribution in [0.3, 0.4) is 0 Å². The van der Waals surface area contributed by atoms with E-state index in [9.17, 15) is 9.59 Å². The summed E-state index contributed by atoms with van der Waals surface area (Å²) < 4.78 is 21.3. The fourth-order valence-corrected chi connectivity index (χ4v) is 5.51. The number of dihydropyridines is 1. The maximum absolute atomic E-state index is 13.8. The van der Waals surface area contributed by atoms with Crippen LogP contribution in [0.15, 0.2) is 58.9 Å². The fraction of sp³-hybridized carbons (Fsp3) is 0.357. The van der Waals surface area contributed by atoms with Crippen LogP contribution >= 0.6 is 23.2 Å². The maximum Gasteiger partial charge on any atom is 0.336 e. The van der Waals surface area contributed by atoms with Crippen molar-refractivity contribution in [2.24, 2.45) is 0 Å². The lowest BCUT2D eigenvalue weighted by atomic mass is 9.71. The van der Waals surface area contributed by atoms with Crippen LogP contribution in [-0.4, -0.2) is 46.3 Å². The predicted molar refractivity (Wildman–Crippen MR) is 141 cm³/mol. The zero-order chi connectivity index (χ0) is 26.7. The zero-order valence-electron chi connectivity index (χ0n) is 21.2. The molecular formula is C28H29Cl2NO6. The van der Waals surface area contributed by atoms with Gasteiger partial charge in [0.05, 0.1) is 26.4 Å². The number of allylic oxidation sites excluding steroid dienone is 3. The predicted octanol–water partition coefficient (Wildman–Crippen LogP) is 5.56. The molecule has 1 aliphatic carbocycles. The number of Topliss-reactive ketones (excluding diaryl/α,β-unsaturated/α-hetero) is 1. The molecule has 0 spiro atoms. The first-order valence-corrected chi connectivity index (χ1v) is 12.6. The van der Waals surface area contributed by atoms with E-state index >= 15 is 0 Å². The number of esters is 1. The molecule has 2 aliphatic rings. The van der Waals surface area contributed by atoms with E-state index in [0.717, 1.165) is 11.3 Å². The Hall–Kier alpha value is -3.00. The SMILES string of the molecule is COCCOC(=O)C1=C(C)NC2=C(C(=O)C[C@@H](c3ccc(OC)c(OC)c3)C2)[C@@H]1c1ccc(Cl)cc1Cl. The summed E-state index contributed by atoms with van der Waals surface area (Å²) in [6.07, 6.45) is 0.838. The minimum absolute atomic E-state index is 0.0701. The summed E-state index contributed by atoms with van der Waals surface area (Å²) in [6, 6.07) is 10.8. The minimum atomic E-state index is -0.685. The van der Waals surface area contributed by atoms with Gasteiger partial charge >= 0.3 is 5.97 Å². The lowest BCUT2D eigenvalue weighted by Crippen LogP contribution is -2.36. The molecule has 1 aliphatic heterocycles. The molecule has 0 unspecified atom stereocenters. The van der Waals surface area contributed by atoms with E-state index in [1.165, 1.54) is 7.11 Å². The summed E-state index contributed by atoms with van der Waals surface area (Å²) >= 11 is 12.8. The van der Waals surface area contributed by atoms with E-state index in [1.807, 2.05) is 18.2 Å². The summed E-state index contributed by atoms with van der Waals surface area (Å²) in [4.78, 5) is 27.0. The van der Waals surface area contributed by atoms with Gasteiger partial charge in [0.2, 0.25) is 0 Å². The molecule has 0 amide bonds. The first kappa shape index (κ1) is 27.0. The number of ketones is 1. The van der Waals surface area contributed by atoms with E-state index in [-0.39, 0.29) is 31.3 Å². The summed E-state index contributed by atoms with van der Waals surface area (Å²) in [5.74, 6) is -0.139.